The third-order valence-electron chi connectivity index (χ3n) is 5.22. The molecule has 0 aromatic heterocycles. The number of benzene rings is 1. The van der Waals surface area contributed by atoms with Crippen molar-refractivity contribution < 1.29 is 9.47 Å². The van der Waals surface area contributed by atoms with E-state index in [1.807, 2.05) is 6.92 Å². The fourth-order valence-electron chi connectivity index (χ4n) is 4.05. The topological polar surface area (TPSA) is 30.5 Å². The van der Waals surface area contributed by atoms with Gasteiger partial charge >= 0.3 is 0 Å². The molecule has 116 valence electrons. The van der Waals surface area contributed by atoms with Crippen molar-refractivity contribution in [2.24, 2.45) is 11.3 Å². The summed E-state index contributed by atoms with van der Waals surface area (Å²) in [6.45, 7) is 10.5. The zero-order chi connectivity index (χ0) is 15.0. The van der Waals surface area contributed by atoms with Crippen LogP contribution in [-0.4, -0.2) is 25.4 Å². The third-order valence-corrected chi connectivity index (χ3v) is 5.22. The van der Waals surface area contributed by atoms with Gasteiger partial charge in [-0.3, -0.25) is 0 Å². The number of fused-ring (bicyclic) bond motifs is 1. The van der Waals surface area contributed by atoms with Crippen molar-refractivity contribution in [2.45, 2.75) is 52.3 Å². The average Bonchev–Trinajstić information content (AvgIpc) is 2.92. The number of ether oxygens (including phenoxy) is 2. The van der Waals surface area contributed by atoms with E-state index >= 15 is 0 Å². The molecule has 3 rings (SSSR count). The number of rotatable bonds is 5. The Balaban J connectivity index is 1.64. The van der Waals surface area contributed by atoms with E-state index in [4.69, 9.17) is 9.47 Å². The van der Waals surface area contributed by atoms with Crippen molar-refractivity contribution in [2.75, 3.05) is 13.2 Å². The van der Waals surface area contributed by atoms with E-state index in [2.05, 4.69) is 50.4 Å². The molecule has 1 N–H and O–H groups in total. The molecule has 0 spiro atoms. The Morgan fingerprint density at radius 2 is 2.05 bits per heavy atom. The monoisotopic (exact) mass is 289 g/mol. The Kier molecular flexibility index (Phi) is 3.98. The SMILES string of the molecule is CCOc1ccc(C(C)NC2C3CCOC3C2(C)C)cc1. The molecule has 0 amide bonds. The lowest BCUT2D eigenvalue weighted by Gasteiger charge is -2.55. The zero-order valence-electron chi connectivity index (χ0n) is 13.6. The van der Waals surface area contributed by atoms with E-state index in [0.29, 0.717) is 30.7 Å². The summed E-state index contributed by atoms with van der Waals surface area (Å²) < 4.78 is 11.4. The van der Waals surface area contributed by atoms with Gasteiger partial charge in [0.15, 0.2) is 0 Å². The molecule has 2 fully saturated rings. The molecule has 0 bridgehead atoms. The third kappa shape index (κ3) is 2.58. The maximum Gasteiger partial charge on any atom is 0.119 e. The normalized spacial score (nSPS) is 31.3. The highest BCUT2D eigenvalue weighted by molar-refractivity contribution is 5.29. The van der Waals surface area contributed by atoms with Crippen LogP contribution in [-0.2, 0) is 4.74 Å². The van der Waals surface area contributed by atoms with Gasteiger partial charge in [-0.25, -0.2) is 0 Å². The van der Waals surface area contributed by atoms with Crippen molar-refractivity contribution in [1.29, 1.82) is 0 Å². The highest BCUT2D eigenvalue weighted by atomic mass is 16.5. The molecule has 1 aromatic rings. The van der Waals surface area contributed by atoms with E-state index in [1.54, 1.807) is 0 Å². The quantitative estimate of drug-likeness (QED) is 0.899. The minimum absolute atomic E-state index is 0.237. The summed E-state index contributed by atoms with van der Waals surface area (Å²) in [4.78, 5) is 0. The van der Waals surface area contributed by atoms with Gasteiger partial charge < -0.3 is 14.8 Å². The molecule has 1 aliphatic heterocycles. The van der Waals surface area contributed by atoms with E-state index in [-0.39, 0.29) is 5.41 Å². The van der Waals surface area contributed by atoms with Crippen LogP contribution >= 0.6 is 0 Å². The lowest BCUT2D eigenvalue weighted by atomic mass is 9.57. The first-order valence-electron chi connectivity index (χ1n) is 8.14. The van der Waals surface area contributed by atoms with Gasteiger partial charge in [-0.05, 0) is 38.0 Å². The number of hydrogen-bond acceptors (Lipinski definition) is 3. The summed E-state index contributed by atoms with van der Waals surface area (Å²) in [6.07, 6.45) is 1.64. The van der Waals surface area contributed by atoms with Crippen molar-refractivity contribution in [3.63, 3.8) is 0 Å². The first-order chi connectivity index (χ1) is 10.0. The van der Waals surface area contributed by atoms with Gasteiger partial charge in [0.1, 0.15) is 5.75 Å². The predicted molar refractivity (Wildman–Crippen MR) is 84.6 cm³/mol. The van der Waals surface area contributed by atoms with Crippen LogP contribution in [0, 0.1) is 11.3 Å². The van der Waals surface area contributed by atoms with Crippen LogP contribution in [0.5, 0.6) is 5.75 Å². The molecular formula is C18H27NO2. The maximum absolute atomic E-state index is 5.87. The van der Waals surface area contributed by atoms with Gasteiger partial charge in [0.05, 0.1) is 12.7 Å². The summed E-state index contributed by atoms with van der Waals surface area (Å²) in [5.41, 5.74) is 1.55. The minimum atomic E-state index is 0.237. The molecule has 4 atom stereocenters. The maximum atomic E-state index is 5.87. The fourth-order valence-corrected chi connectivity index (χ4v) is 4.05. The van der Waals surface area contributed by atoms with E-state index < -0.39 is 0 Å². The molecule has 4 unspecified atom stereocenters. The summed E-state index contributed by atoms with van der Waals surface area (Å²) >= 11 is 0. The molecule has 1 saturated heterocycles. The highest BCUT2D eigenvalue weighted by Gasteiger charge is 2.59. The van der Waals surface area contributed by atoms with E-state index in [9.17, 15) is 0 Å². The first kappa shape index (κ1) is 14.9. The smallest absolute Gasteiger partial charge is 0.119 e. The Hall–Kier alpha value is -1.06. The summed E-state index contributed by atoms with van der Waals surface area (Å²) in [7, 11) is 0. The van der Waals surface area contributed by atoms with Crippen LogP contribution in [0.4, 0.5) is 0 Å². The fraction of sp³-hybridized carbons (Fsp3) is 0.667. The second-order valence-corrected chi connectivity index (χ2v) is 6.93. The highest BCUT2D eigenvalue weighted by Crippen LogP contribution is 2.52. The van der Waals surface area contributed by atoms with Crippen LogP contribution in [0.25, 0.3) is 0 Å². The van der Waals surface area contributed by atoms with Crippen LogP contribution in [0.15, 0.2) is 24.3 Å². The van der Waals surface area contributed by atoms with Gasteiger partial charge in [0, 0.05) is 30.0 Å². The van der Waals surface area contributed by atoms with Crippen molar-refractivity contribution >= 4 is 0 Å². The second-order valence-electron chi connectivity index (χ2n) is 6.93. The van der Waals surface area contributed by atoms with Gasteiger partial charge in [0.2, 0.25) is 0 Å². The van der Waals surface area contributed by atoms with E-state index in [0.717, 1.165) is 12.4 Å². The lowest BCUT2D eigenvalue weighted by molar-refractivity contribution is -0.115. The largest absolute Gasteiger partial charge is 0.494 e. The first-order valence-corrected chi connectivity index (χ1v) is 8.14. The molecule has 3 nitrogen and oxygen atoms in total. The number of nitrogens with one attached hydrogen (secondary N) is 1. The Labute approximate surface area is 128 Å². The molecule has 1 saturated carbocycles. The zero-order valence-corrected chi connectivity index (χ0v) is 13.6. The standard InChI is InChI=1S/C18H27NO2/c1-5-20-14-8-6-13(7-9-14)12(2)19-16-15-10-11-21-17(15)18(16,3)4/h6-9,12,15-17,19H,5,10-11H2,1-4H3. The lowest BCUT2D eigenvalue weighted by Crippen LogP contribution is -2.66. The second kappa shape index (κ2) is 5.62. The van der Waals surface area contributed by atoms with Crippen molar-refractivity contribution in [3.05, 3.63) is 29.8 Å². The summed E-state index contributed by atoms with van der Waals surface area (Å²) in [5.74, 6) is 1.63. The average molecular weight is 289 g/mol. The Morgan fingerprint density at radius 1 is 1.33 bits per heavy atom. The molecule has 2 aliphatic rings. The molecule has 1 aromatic carbocycles. The molecule has 21 heavy (non-hydrogen) atoms. The van der Waals surface area contributed by atoms with Gasteiger partial charge in [0.25, 0.3) is 0 Å². The van der Waals surface area contributed by atoms with Gasteiger partial charge in [-0.2, -0.15) is 0 Å². The summed E-state index contributed by atoms with van der Waals surface area (Å²) in [5, 5.41) is 3.82. The molecule has 3 heteroatoms. The van der Waals surface area contributed by atoms with Gasteiger partial charge in [-0.1, -0.05) is 26.0 Å². The predicted octanol–water partition coefficient (Wildman–Crippen LogP) is 3.55. The summed E-state index contributed by atoms with van der Waals surface area (Å²) in [6, 6.07) is 9.35. The van der Waals surface area contributed by atoms with Gasteiger partial charge in [-0.15, -0.1) is 0 Å². The van der Waals surface area contributed by atoms with Crippen LogP contribution < -0.4 is 10.1 Å². The number of hydrogen-bond donors (Lipinski definition) is 1. The van der Waals surface area contributed by atoms with Crippen molar-refractivity contribution in [1.82, 2.24) is 5.32 Å². The molecule has 0 radical (unpaired) electrons. The van der Waals surface area contributed by atoms with Crippen LogP contribution in [0.1, 0.15) is 45.7 Å². The Bertz CT molecular complexity index is 482. The molecule has 1 aliphatic carbocycles. The van der Waals surface area contributed by atoms with Crippen LogP contribution in [0.2, 0.25) is 0 Å². The Morgan fingerprint density at radius 3 is 2.71 bits per heavy atom. The minimum Gasteiger partial charge on any atom is -0.494 e. The van der Waals surface area contributed by atoms with E-state index in [1.165, 1.54) is 12.0 Å². The molecule has 1 heterocycles. The molecular weight excluding hydrogens is 262 g/mol. The van der Waals surface area contributed by atoms with Crippen molar-refractivity contribution in [3.8, 4) is 5.75 Å². The van der Waals surface area contributed by atoms with Crippen LogP contribution in [0.3, 0.4) is 0 Å².